The Hall–Kier alpha value is -1.72. The molecule has 2 aromatic heterocycles. The number of hydrogen-bond donors (Lipinski definition) is 1. The van der Waals surface area contributed by atoms with Crippen molar-refractivity contribution in [1.82, 2.24) is 14.3 Å². The first-order chi connectivity index (χ1) is 9.22. The van der Waals surface area contributed by atoms with Crippen LogP contribution in [0.15, 0.2) is 35.3 Å². The Morgan fingerprint density at radius 2 is 2.11 bits per heavy atom. The summed E-state index contributed by atoms with van der Waals surface area (Å²) >= 11 is 0. The second kappa shape index (κ2) is 5.11. The first kappa shape index (κ1) is 12.3. The second-order valence-corrected chi connectivity index (χ2v) is 5.13. The molecule has 0 amide bonds. The van der Waals surface area contributed by atoms with E-state index in [-0.39, 0.29) is 5.56 Å². The number of likely N-dealkylation sites (tertiary alicyclic amines) is 1. The lowest BCUT2D eigenvalue weighted by molar-refractivity contribution is 0.203. The van der Waals surface area contributed by atoms with Crippen LogP contribution in [0.5, 0.6) is 0 Å². The van der Waals surface area contributed by atoms with Crippen molar-refractivity contribution in [2.45, 2.75) is 25.4 Å². The van der Waals surface area contributed by atoms with Crippen LogP contribution in [-0.2, 0) is 6.54 Å². The molecule has 1 aliphatic heterocycles. The molecular formula is C14H18N4O. The predicted molar refractivity (Wildman–Crippen MR) is 73.9 cm³/mol. The Morgan fingerprint density at radius 1 is 1.32 bits per heavy atom. The summed E-state index contributed by atoms with van der Waals surface area (Å²) in [5.41, 5.74) is 7.42. The summed E-state index contributed by atoms with van der Waals surface area (Å²) in [6.07, 6.45) is 3.79. The van der Waals surface area contributed by atoms with Crippen LogP contribution >= 0.6 is 0 Å². The first-order valence-corrected chi connectivity index (χ1v) is 6.67. The van der Waals surface area contributed by atoms with E-state index in [1.807, 2.05) is 18.2 Å². The van der Waals surface area contributed by atoms with E-state index in [1.165, 1.54) is 0 Å². The lowest BCUT2D eigenvalue weighted by atomic mass is 10.1. The number of pyridine rings is 1. The maximum atomic E-state index is 12.0. The van der Waals surface area contributed by atoms with Crippen LogP contribution < -0.4 is 11.3 Å². The van der Waals surface area contributed by atoms with Crippen molar-refractivity contribution >= 4 is 5.65 Å². The average Bonchev–Trinajstić information content (AvgIpc) is 2.42. The molecule has 0 bridgehead atoms. The van der Waals surface area contributed by atoms with E-state index in [4.69, 9.17) is 5.73 Å². The van der Waals surface area contributed by atoms with E-state index in [1.54, 1.807) is 16.7 Å². The Kier molecular flexibility index (Phi) is 3.31. The van der Waals surface area contributed by atoms with Crippen LogP contribution in [0.25, 0.3) is 5.65 Å². The third-order valence-corrected chi connectivity index (χ3v) is 3.64. The molecule has 3 heterocycles. The number of piperidine rings is 1. The van der Waals surface area contributed by atoms with Crippen LogP contribution in [0.4, 0.5) is 0 Å². The van der Waals surface area contributed by atoms with Crippen LogP contribution in [-0.4, -0.2) is 33.4 Å². The molecule has 1 fully saturated rings. The van der Waals surface area contributed by atoms with E-state index in [2.05, 4.69) is 9.88 Å². The number of nitrogens with two attached hydrogens (primary N) is 1. The van der Waals surface area contributed by atoms with E-state index < -0.39 is 0 Å². The van der Waals surface area contributed by atoms with Crippen molar-refractivity contribution in [2.24, 2.45) is 5.73 Å². The highest BCUT2D eigenvalue weighted by atomic mass is 16.1. The van der Waals surface area contributed by atoms with Gasteiger partial charge in [-0.25, -0.2) is 4.98 Å². The molecule has 5 heteroatoms. The normalized spacial score (nSPS) is 17.9. The van der Waals surface area contributed by atoms with Gasteiger partial charge in [0.05, 0.1) is 5.69 Å². The zero-order valence-corrected chi connectivity index (χ0v) is 10.8. The molecule has 0 unspecified atom stereocenters. The third-order valence-electron chi connectivity index (χ3n) is 3.64. The summed E-state index contributed by atoms with van der Waals surface area (Å²) in [6.45, 7) is 2.70. The van der Waals surface area contributed by atoms with Gasteiger partial charge in [-0.15, -0.1) is 0 Å². The second-order valence-electron chi connectivity index (χ2n) is 5.13. The van der Waals surface area contributed by atoms with Crippen LogP contribution in [0, 0.1) is 0 Å². The molecule has 1 saturated heterocycles. The fourth-order valence-electron chi connectivity index (χ4n) is 2.52. The van der Waals surface area contributed by atoms with Gasteiger partial charge >= 0.3 is 0 Å². The summed E-state index contributed by atoms with van der Waals surface area (Å²) in [7, 11) is 0. The fourth-order valence-corrected chi connectivity index (χ4v) is 2.52. The van der Waals surface area contributed by atoms with Crippen LogP contribution in [0.2, 0.25) is 0 Å². The molecule has 0 atom stereocenters. The van der Waals surface area contributed by atoms with Gasteiger partial charge in [0.15, 0.2) is 0 Å². The van der Waals surface area contributed by atoms with Crippen molar-refractivity contribution in [3.05, 3.63) is 46.5 Å². The van der Waals surface area contributed by atoms with Gasteiger partial charge < -0.3 is 5.73 Å². The largest absolute Gasteiger partial charge is 0.328 e. The summed E-state index contributed by atoms with van der Waals surface area (Å²) in [6, 6.07) is 7.54. The van der Waals surface area contributed by atoms with Gasteiger partial charge in [-0.05, 0) is 25.0 Å². The number of hydrogen-bond acceptors (Lipinski definition) is 4. The standard InChI is InChI=1S/C14H18N4O/c15-11-4-7-17(8-5-11)10-12-9-14(19)18-6-2-1-3-13(18)16-12/h1-3,6,9,11H,4-5,7-8,10,15H2. The van der Waals surface area contributed by atoms with Gasteiger partial charge in [0, 0.05) is 37.9 Å². The monoisotopic (exact) mass is 258 g/mol. The van der Waals surface area contributed by atoms with Crippen molar-refractivity contribution in [1.29, 1.82) is 0 Å². The molecule has 19 heavy (non-hydrogen) atoms. The quantitative estimate of drug-likeness (QED) is 0.857. The van der Waals surface area contributed by atoms with E-state index >= 15 is 0 Å². The van der Waals surface area contributed by atoms with Gasteiger partial charge in [-0.2, -0.15) is 0 Å². The zero-order valence-electron chi connectivity index (χ0n) is 10.8. The predicted octanol–water partition coefficient (Wildman–Crippen LogP) is 0.618. The third kappa shape index (κ3) is 2.67. The van der Waals surface area contributed by atoms with Gasteiger partial charge in [-0.3, -0.25) is 14.1 Å². The Labute approximate surface area is 111 Å². The number of nitrogens with zero attached hydrogens (tertiary/aromatic N) is 3. The van der Waals surface area contributed by atoms with Crippen molar-refractivity contribution in [3.63, 3.8) is 0 Å². The molecule has 100 valence electrons. The van der Waals surface area contributed by atoms with E-state index in [0.29, 0.717) is 11.7 Å². The van der Waals surface area contributed by atoms with E-state index in [9.17, 15) is 4.79 Å². The van der Waals surface area contributed by atoms with Crippen molar-refractivity contribution < 1.29 is 0 Å². The maximum Gasteiger partial charge on any atom is 0.258 e. The van der Waals surface area contributed by atoms with Crippen LogP contribution in [0.3, 0.4) is 0 Å². The van der Waals surface area contributed by atoms with Gasteiger partial charge in [-0.1, -0.05) is 6.07 Å². The molecule has 2 aromatic rings. The molecule has 5 nitrogen and oxygen atoms in total. The number of fused-ring (bicyclic) bond motifs is 1. The average molecular weight is 258 g/mol. The minimum atomic E-state index is -0.0192. The smallest absolute Gasteiger partial charge is 0.258 e. The fraction of sp³-hybridized carbons (Fsp3) is 0.429. The Balaban J connectivity index is 1.83. The highest BCUT2D eigenvalue weighted by Gasteiger charge is 2.16. The van der Waals surface area contributed by atoms with Crippen molar-refractivity contribution in [2.75, 3.05) is 13.1 Å². The summed E-state index contributed by atoms with van der Waals surface area (Å²) < 4.78 is 1.57. The minimum absolute atomic E-state index is 0.0192. The van der Waals surface area contributed by atoms with Crippen molar-refractivity contribution in [3.8, 4) is 0 Å². The molecule has 0 saturated carbocycles. The molecule has 0 aliphatic carbocycles. The van der Waals surface area contributed by atoms with Gasteiger partial charge in [0.2, 0.25) is 0 Å². The molecule has 1 aliphatic rings. The highest BCUT2D eigenvalue weighted by Crippen LogP contribution is 2.11. The summed E-state index contributed by atoms with van der Waals surface area (Å²) in [5, 5.41) is 0. The summed E-state index contributed by atoms with van der Waals surface area (Å²) in [4.78, 5) is 18.8. The molecule has 2 N–H and O–H groups in total. The highest BCUT2D eigenvalue weighted by molar-refractivity contribution is 5.37. The first-order valence-electron chi connectivity index (χ1n) is 6.67. The lowest BCUT2D eigenvalue weighted by Crippen LogP contribution is -2.39. The summed E-state index contributed by atoms with van der Waals surface area (Å²) in [5.74, 6) is 0. The SMILES string of the molecule is NC1CCN(Cc2cc(=O)n3ccccc3n2)CC1. The van der Waals surface area contributed by atoms with Crippen LogP contribution in [0.1, 0.15) is 18.5 Å². The Morgan fingerprint density at radius 3 is 2.89 bits per heavy atom. The topological polar surface area (TPSA) is 63.6 Å². The molecule has 3 rings (SSSR count). The van der Waals surface area contributed by atoms with Gasteiger partial charge in [0.25, 0.3) is 5.56 Å². The molecular weight excluding hydrogens is 240 g/mol. The minimum Gasteiger partial charge on any atom is -0.328 e. The molecule has 0 spiro atoms. The number of rotatable bonds is 2. The molecule has 0 radical (unpaired) electrons. The van der Waals surface area contributed by atoms with E-state index in [0.717, 1.165) is 38.2 Å². The number of aromatic nitrogens is 2. The molecule has 0 aromatic carbocycles. The maximum absolute atomic E-state index is 12.0. The Bertz CT molecular complexity index is 629. The zero-order chi connectivity index (χ0) is 13.2. The van der Waals surface area contributed by atoms with Gasteiger partial charge in [0.1, 0.15) is 5.65 Å². The lowest BCUT2D eigenvalue weighted by Gasteiger charge is -2.29.